The Morgan fingerprint density at radius 2 is 1.13 bits per heavy atom. The van der Waals surface area contributed by atoms with Gasteiger partial charge in [0.2, 0.25) is 0 Å². The van der Waals surface area contributed by atoms with Gasteiger partial charge in [-0.2, -0.15) is 0 Å². The molecule has 0 rings (SSSR count). The summed E-state index contributed by atoms with van der Waals surface area (Å²) in [5.41, 5.74) is 0. The van der Waals surface area contributed by atoms with Crippen LogP contribution in [0.1, 0.15) is 40.5 Å². The zero-order valence-corrected chi connectivity index (χ0v) is 10.9. The second-order valence-electron chi connectivity index (χ2n) is 4.28. The van der Waals surface area contributed by atoms with Crippen LogP contribution in [-0.4, -0.2) is 38.3 Å². The van der Waals surface area contributed by atoms with Crippen LogP contribution in [0.15, 0.2) is 0 Å². The van der Waals surface area contributed by atoms with Gasteiger partial charge in [-0.15, -0.1) is 0 Å². The van der Waals surface area contributed by atoms with E-state index in [1.165, 1.54) is 12.8 Å². The van der Waals surface area contributed by atoms with Crippen LogP contribution in [0.25, 0.3) is 0 Å². The van der Waals surface area contributed by atoms with E-state index in [0.717, 1.165) is 26.2 Å². The number of hydrogen-bond donors (Lipinski definition) is 3. The minimum Gasteiger partial charge on any atom is -0.314 e. The summed E-state index contributed by atoms with van der Waals surface area (Å²) in [6.45, 7) is 13.1. The molecule has 0 aliphatic rings. The van der Waals surface area contributed by atoms with E-state index in [1.807, 2.05) is 0 Å². The maximum Gasteiger partial charge on any atom is 0.00792 e. The molecule has 0 aromatic heterocycles. The first-order valence-electron chi connectivity index (χ1n) is 6.38. The average Bonchev–Trinajstić information content (AvgIpc) is 2.26. The first-order valence-corrected chi connectivity index (χ1v) is 6.38. The largest absolute Gasteiger partial charge is 0.314 e. The van der Waals surface area contributed by atoms with Gasteiger partial charge in [0.15, 0.2) is 0 Å². The zero-order chi connectivity index (χ0) is 11.5. The number of nitrogens with one attached hydrogen (secondary N) is 3. The Balaban J connectivity index is 3.05. The van der Waals surface area contributed by atoms with Crippen molar-refractivity contribution < 1.29 is 0 Å². The topological polar surface area (TPSA) is 36.1 Å². The van der Waals surface area contributed by atoms with Crippen molar-refractivity contribution in [2.75, 3.05) is 26.2 Å². The van der Waals surface area contributed by atoms with Crippen molar-refractivity contribution in [2.24, 2.45) is 0 Å². The summed E-state index contributed by atoms with van der Waals surface area (Å²) in [6, 6.07) is 1.29. The SMILES string of the molecule is CC[C@H](C)NCCNCCN[C@@H](C)CC. The van der Waals surface area contributed by atoms with E-state index in [0.29, 0.717) is 12.1 Å². The molecule has 0 spiro atoms. The third-order valence-electron chi connectivity index (χ3n) is 2.81. The Hall–Kier alpha value is -0.120. The van der Waals surface area contributed by atoms with Gasteiger partial charge in [-0.1, -0.05) is 13.8 Å². The Morgan fingerprint density at radius 3 is 1.47 bits per heavy atom. The molecule has 0 bridgehead atoms. The molecule has 3 heteroatoms. The molecule has 0 saturated heterocycles. The minimum absolute atomic E-state index is 0.644. The van der Waals surface area contributed by atoms with Gasteiger partial charge >= 0.3 is 0 Å². The molecule has 0 fully saturated rings. The summed E-state index contributed by atoms with van der Waals surface area (Å²) in [5, 5.41) is 10.3. The summed E-state index contributed by atoms with van der Waals surface area (Å²) in [6.07, 6.45) is 2.41. The lowest BCUT2D eigenvalue weighted by molar-refractivity contribution is 0.494. The smallest absolute Gasteiger partial charge is 0.00792 e. The third-order valence-corrected chi connectivity index (χ3v) is 2.81. The fourth-order valence-electron chi connectivity index (χ4n) is 1.23. The van der Waals surface area contributed by atoms with Gasteiger partial charge < -0.3 is 16.0 Å². The van der Waals surface area contributed by atoms with Crippen molar-refractivity contribution >= 4 is 0 Å². The maximum absolute atomic E-state index is 3.46. The third kappa shape index (κ3) is 10.2. The van der Waals surface area contributed by atoms with Crippen molar-refractivity contribution in [3.63, 3.8) is 0 Å². The molecule has 92 valence electrons. The molecule has 3 N–H and O–H groups in total. The highest BCUT2D eigenvalue weighted by molar-refractivity contribution is 4.61. The standard InChI is InChI=1S/C12H29N3/c1-5-11(3)14-9-7-13-8-10-15-12(4)6-2/h11-15H,5-10H2,1-4H3/t11-,12-/m0/s1. The van der Waals surface area contributed by atoms with Crippen molar-refractivity contribution in [3.05, 3.63) is 0 Å². The molecule has 15 heavy (non-hydrogen) atoms. The quantitative estimate of drug-likeness (QED) is 0.482. The van der Waals surface area contributed by atoms with E-state index in [-0.39, 0.29) is 0 Å². The van der Waals surface area contributed by atoms with Crippen molar-refractivity contribution in [1.82, 2.24) is 16.0 Å². The first-order chi connectivity index (χ1) is 7.20. The Kier molecular flexibility index (Phi) is 10.3. The molecule has 0 amide bonds. The summed E-state index contributed by atoms with van der Waals surface area (Å²) < 4.78 is 0. The molecule has 2 atom stereocenters. The second kappa shape index (κ2) is 10.4. The summed E-state index contributed by atoms with van der Waals surface area (Å²) in [4.78, 5) is 0. The molecule has 0 aliphatic heterocycles. The second-order valence-corrected chi connectivity index (χ2v) is 4.28. The van der Waals surface area contributed by atoms with Crippen molar-refractivity contribution in [3.8, 4) is 0 Å². The first kappa shape index (κ1) is 14.9. The van der Waals surface area contributed by atoms with Gasteiger partial charge in [0, 0.05) is 38.3 Å². The van der Waals surface area contributed by atoms with Gasteiger partial charge in [0.1, 0.15) is 0 Å². The van der Waals surface area contributed by atoms with Crippen LogP contribution in [0.5, 0.6) is 0 Å². The highest BCUT2D eigenvalue weighted by Crippen LogP contribution is 1.86. The van der Waals surface area contributed by atoms with Gasteiger partial charge in [-0.05, 0) is 26.7 Å². The normalized spacial score (nSPS) is 15.2. The highest BCUT2D eigenvalue weighted by atomic mass is 15.0. The van der Waals surface area contributed by atoms with Crippen LogP contribution in [-0.2, 0) is 0 Å². The number of rotatable bonds is 10. The molecule has 0 saturated carbocycles. The van der Waals surface area contributed by atoms with E-state index in [2.05, 4.69) is 43.6 Å². The molecule has 0 radical (unpaired) electrons. The van der Waals surface area contributed by atoms with Gasteiger partial charge in [0.25, 0.3) is 0 Å². The van der Waals surface area contributed by atoms with Crippen LogP contribution >= 0.6 is 0 Å². The Bertz CT molecular complexity index is 114. The van der Waals surface area contributed by atoms with Crippen molar-refractivity contribution in [2.45, 2.75) is 52.6 Å². The van der Waals surface area contributed by atoms with Crippen LogP contribution in [0, 0.1) is 0 Å². The van der Waals surface area contributed by atoms with E-state index in [9.17, 15) is 0 Å². The fourth-order valence-corrected chi connectivity index (χ4v) is 1.23. The monoisotopic (exact) mass is 215 g/mol. The fraction of sp³-hybridized carbons (Fsp3) is 1.00. The Morgan fingerprint density at radius 1 is 0.733 bits per heavy atom. The summed E-state index contributed by atoms with van der Waals surface area (Å²) in [7, 11) is 0. The van der Waals surface area contributed by atoms with Gasteiger partial charge in [-0.25, -0.2) is 0 Å². The molecule has 0 aromatic carbocycles. The van der Waals surface area contributed by atoms with E-state index in [4.69, 9.17) is 0 Å². The minimum atomic E-state index is 0.644. The van der Waals surface area contributed by atoms with E-state index in [1.54, 1.807) is 0 Å². The predicted octanol–water partition coefficient (Wildman–Crippen LogP) is 1.35. The zero-order valence-electron chi connectivity index (χ0n) is 10.9. The van der Waals surface area contributed by atoms with Crippen LogP contribution < -0.4 is 16.0 Å². The average molecular weight is 215 g/mol. The van der Waals surface area contributed by atoms with Crippen LogP contribution in [0.4, 0.5) is 0 Å². The molecule has 0 heterocycles. The van der Waals surface area contributed by atoms with Crippen LogP contribution in [0.3, 0.4) is 0 Å². The lowest BCUT2D eigenvalue weighted by Crippen LogP contribution is -2.37. The summed E-state index contributed by atoms with van der Waals surface area (Å²) in [5.74, 6) is 0. The molecular formula is C12H29N3. The number of hydrogen-bond acceptors (Lipinski definition) is 3. The van der Waals surface area contributed by atoms with Gasteiger partial charge in [0.05, 0.1) is 0 Å². The molecule has 3 nitrogen and oxygen atoms in total. The van der Waals surface area contributed by atoms with Crippen LogP contribution in [0.2, 0.25) is 0 Å². The van der Waals surface area contributed by atoms with Crippen molar-refractivity contribution in [1.29, 1.82) is 0 Å². The maximum atomic E-state index is 3.46. The summed E-state index contributed by atoms with van der Waals surface area (Å²) >= 11 is 0. The lowest BCUT2D eigenvalue weighted by atomic mass is 10.2. The lowest BCUT2D eigenvalue weighted by Gasteiger charge is -2.13. The molecule has 0 aliphatic carbocycles. The molecular weight excluding hydrogens is 186 g/mol. The Labute approximate surface area is 95.4 Å². The molecule has 0 unspecified atom stereocenters. The highest BCUT2D eigenvalue weighted by Gasteiger charge is 1.97. The molecule has 0 aromatic rings. The van der Waals surface area contributed by atoms with Gasteiger partial charge in [-0.3, -0.25) is 0 Å². The predicted molar refractivity (Wildman–Crippen MR) is 68.4 cm³/mol. The van der Waals surface area contributed by atoms with E-state index >= 15 is 0 Å². The van der Waals surface area contributed by atoms with E-state index < -0.39 is 0 Å².